The largest absolute Gasteiger partial charge is 0.444 e. The molecule has 2 rings (SSSR count). The molecule has 1 aliphatic carbocycles. The van der Waals surface area contributed by atoms with Crippen LogP contribution in [0.4, 0.5) is 4.79 Å². The summed E-state index contributed by atoms with van der Waals surface area (Å²) in [4.78, 5) is 13.6. The first-order valence-electron chi connectivity index (χ1n) is 5.92. The zero-order chi connectivity index (χ0) is 12.0. The maximum Gasteiger partial charge on any atom is 0.410 e. The minimum atomic E-state index is -0.374. The van der Waals surface area contributed by atoms with E-state index in [1.54, 1.807) is 0 Å². The predicted octanol–water partition coefficient (Wildman–Crippen LogP) is 3.21. The van der Waals surface area contributed by atoms with Gasteiger partial charge in [-0.15, -0.1) is 0 Å². The summed E-state index contributed by atoms with van der Waals surface area (Å²) in [5.74, 6) is 0. The molecule has 1 spiro atoms. The van der Waals surface area contributed by atoms with Crippen molar-refractivity contribution in [3.8, 4) is 0 Å². The number of hydrogen-bond acceptors (Lipinski definition) is 2. The molecule has 0 aromatic carbocycles. The molecular weight excluding hydrogens is 317 g/mol. The van der Waals surface area contributed by atoms with Gasteiger partial charge in [0.25, 0.3) is 0 Å². The Morgan fingerprint density at radius 1 is 1.44 bits per heavy atom. The van der Waals surface area contributed by atoms with Gasteiger partial charge in [0.15, 0.2) is 0 Å². The van der Waals surface area contributed by atoms with E-state index < -0.39 is 0 Å². The molecular formula is C12H20INO2. The summed E-state index contributed by atoms with van der Waals surface area (Å²) in [6, 6.07) is 0. The average Bonchev–Trinajstić information content (AvgIpc) is 2.41. The fraction of sp³-hybridized carbons (Fsp3) is 0.917. The normalized spacial score (nSPS) is 28.0. The third-order valence-corrected chi connectivity index (χ3v) is 4.41. The van der Waals surface area contributed by atoms with Gasteiger partial charge in [0.05, 0.1) is 0 Å². The molecule has 1 amide bonds. The predicted molar refractivity (Wildman–Crippen MR) is 71.9 cm³/mol. The molecule has 1 saturated carbocycles. The average molecular weight is 337 g/mol. The SMILES string of the molecule is CC(C)(C)OC(=O)N1CC2(CCC(I)C2)C1. The molecule has 4 heteroatoms. The number of nitrogens with zero attached hydrogens (tertiary/aromatic N) is 1. The molecule has 16 heavy (non-hydrogen) atoms. The van der Waals surface area contributed by atoms with Crippen LogP contribution in [0.15, 0.2) is 0 Å². The van der Waals surface area contributed by atoms with E-state index >= 15 is 0 Å². The van der Waals surface area contributed by atoms with Gasteiger partial charge in [0.2, 0.25) is 0 Å². The second-order valence-electron chi connectivity index (χ2n) is 6.18. The first kappa shape index (κ1) is 12.5. The van der Waals surface area contributed by atoms with Gasteiger partial charge in [-0.2, -0.15) is 0 Å². The Hall–Kier alpha value is 0. The topological polar surface area (TPSA) is 29.5 Å². The molecule has 1 atom stereocenters. The standard InChI is InChI=1S/C12H20INO2/c1-11(2,3)16-10(15)14-7-12(8-14)5-4-9(13)6-12/h9H,4-8H2,1-3H3. The van der Waals surface area contributed by atoms with E-state index in [0.29, 0.717) is 5.41 Å². The van der Waals surface area contributed by atoms with Crippen molar-refractivity contribution < 1.29 is 9.53 Å². The van der Waals surface area contributed by atoms with Crippen molar-refractivity contribution in [3.63, 3.8) is 0 Å². The van der Waals surface area contributed by atoms with Crippen LogP contribution in [0, 0.1) is 5.41 Å². The van der Waals surface area contributed by atoms with E-state index in [1.165, 1.54) is 19.3 Å². The van der Waals surface area contributed by atoms with E-state index in [2.05, 4.69) is 22.6 Å². The fourth-order valence-electron chi connectivity index (χ4n) is 2.64. The highest BCUT2D eigenvalue weighted by molar-refractivity contribution is 14.1. The zero-order valence-electron chi connectivity index (χ0n) is 10.3. The molecule has 0 aromatic rings. The molecule has 3 nitrogen and oxygen atoms in total. The first-order chi connectivity index (χ1) is 7.30. The zero-order valence-corrected chi connectivity index (χ0v) is 12.4. The number of carbonyl (C=O) groups excluding carboxylic acids is 1. The van der Waals surface area contributed by atoms with Crippen LogP contribution >= 0.6 is 22.6 Å². The van der Waals surface area contributed by atoms with Crippen molar-refractivity contribution in [3.05, 3.63) is 0 Å². The molecule has 0 N–H and O–H groups in total. The maximum absolute atomic E-state index is 11.8. The Morgan fingerprint density at radius 2 is 2.06 bits per heavy atom. The number of amides is 1. The number of hydrogen-bond donors (Lipinski definition) is 0. The summed E-state index contributed by atoms with van der Waals surface area (Å²) >= 11 is 2.53. The summed E-state index contributed by atoms with van der Waals surface area (Å²) in [6.07, 6.45) is 3.71. The summed E-state index contributed by atoms with van der Waals surface area (Å²) in [6.45, 7) is 7.55. The van der Waals surface area contributed by atoms with E-state index in [9.17, 15) is 4.79 Å². The van der Waals surface area contributed by atoms with Gasteiger partial charge in [0, 0.05) is 22.4 Å². The third kappa shape index (κ3) is 2.63. The van der Waals surface area contributed by atoms with Gasteiger partial charge in [-0.3, -0.25) is 0 Å². The van der Waals surface area contributed by atoms with Crippen LogP contribution in [0.1, 0.15) is 40.0 Å². The highest BCUT2D eigenvalue weighted by Crippen LogP contribution is 2.48. The van der Waals surface area contributed by atoms with Crippen molar-refractivity contribution in [2.24, 2.45) is 5.41 Å². The first-order valence-corrected chi connectivity index (χ1v) is 7.16. The lowest BCUT2D eigenvalue weighted by molar-refractivity contribution is -0.0315. The summed E-state index contributed by atoms with van der Waals surface area (Å²) in [5.41, 5.74) is 0.0596. The molecule has 1 aliphatic heterocycles. The summed E-state index contributed by atoms with van der Waals surface area (Å²) in [7, 11) is 0. The number of alkyl halides is 1. The van der Waals surface area contributed by atoms with Crippen molar-refractivity contribution in [2.75, 3.05) is 13.1 Å². The molecule has 0 bridgehead atoms. The van der Waals surface area contributed by atoms with Gasteiger partial charge in [-0.05, 0) is 40.0 Å². The minimum absolute atomic E-state index is 0.143. The molecule has 1 heterocycles. The van der Waals surface area contributed by atoms with Crippen molar-refractivity contribution >= 4 is 28.7 Å². The number of likely N-dealkylation sites (tertiary alicyclic amines) is 1. The summed E-state index contributed by atoms with van der Waals surface area (Å²) < 4.78 is 6.16. The number of carbonyl (C=O) groups is 1. The quantitative estimate of drug-likeness (QED) is 0.502. The molecule has 2 aliphatic rings. The fourth-order valence-corrected chi connectivity index (χ4v) is 3.89. The third-order valence-electron chi connectivity index (χ3n) is 3.35. The van der Waals surface area contributed by atoms with Crippen LogP contribution in [-0.2, 0) is 4.74 Å². The van der Waals surface area contributed by atoms with Gasteiger partial charge >= 0.3 is 6.09 Å². The maximum atomic E-state index is 11.8. The van der Waals surface area contributed by atoms with Crippen LogP contribution in [0.3, 0.4) is 0 Å². The van der Waals surface area contributed by atoms with E-state index in [1.807, 2.05) is 25.7 Å². The van der Waals surface area contributed by atoms with Gasteiger partial charge < -0.3 is 9.64 Å². The lowest BCUT2D eigenvalue weighted by Crippen LogP contribution is -2.58. The number of ether oxygens (including phenoxy) is 1. The highest BCUT2D eigenvalue weighted by Gasteiger charge is 2.49. The molecule has 92 valence electrons. The van der Waals surface area contributed by atoms with Gasteiger partial charge in [-0.25, -0.2) is 4.79 Å². The Morgan fingerprint density at radius 3 is 2.50 bits per heavy atom. The van der Waals surface area contributed by atoms with Crippen molar-refractivity contribution in [1.82, 2.24) is 4.90 Å². The monoisotopic (exact) mass is 337 g/mol. The van der Waals surface area contributed by atoms with Crippen LogP contribution in [-0.4, -0.2) is 33.6 Å². The molecule has 1 saturated heterocycles. The summed E-state index contributed by atoms with van der Waals surface area (Å²) in [5, 5.41) is 0. The molecule has 2 fully saturated rings. The van der Waals surface area contributed by atoms with Crippen LogP contribution in [0.5, 0.6) is 0 Å². The highest BCUT2D eigenvalue weighted by atomic mass is 127. The number of rotatable bonds is 0. The van der Waals surface area contributed by atoms with Crippen LogP contribution < -0.4 is 0 Å². The van der Waals surface area contributed by atoms with Gasteiger partial charge in [0.1, 0.15) is 5.60 Å². The van der Waals surface area contributed by atoms with E-state index in [-0.39, 0.29) is 11.7 Å². The molecule has 1 unspecified atom stereocenters. The smallest absolute Gasteiger partial charge is 0.410 e. The van der Waals surface area contributed by atoms with Crippen molar-refractivity contribution in [1.29, 1.82) is 0 Å². The van der Waals surface area contributed by atoms with Crippen LogP contribution in [0.25, 0.3) is 0 Å². The molecule has 0 aromatic heterocycles. The Labute approximate surface area is 111 Å². The second-order valence-corrected chi connectivity index (χ2v) is 7.94. The van der Waals surface area contributed by atoms with E-state index in [4.69, 9.17) is 4.74 Å². The Kier molecular flexibility index (Phi) is 3.14. The number of halogens is 1. The Balaban J connectivity index is 1.82. The Bertz CT molecular complexity index is 292. The van der Waals surface area contributed by atoms with Gasteiger partial charge in [-0.1, -0.05) is 22.6 Å². The van der Waals surface area contributed by atoms with Crippen LogP contribution in [0.2, 0.25) is 0 Å². The molecule has 0 radical (unpaired) electrons. The second kappa shape index (κ2) is 4.03. The lowest BCUT2D eigenvalue weighted by atomic mass is 9.78. The van der Waals surface area contributed by atoms with E-state index in [0.717, 1.165) is 17.0 Å². The van der Waals surface area contributed by atoms with Crippen molar-refractivity contribution in [2.45, 2.75) is 49.6 Å². The minimum Gasteiger partial charge on any atom is -0.444 e. The lowest BCUT2D eigenvalue weighted by Gasteiger charge is -2.48.